The Labute approximate surface area is 223 Å². The molecular weight excluding hydrogens is 521 g/mol. The third kappa shape index (κ3) is 6.66. The lowest BCUT2D eigenvalue weighted by atomic mass is 9.78. The van der Waals surface area contributed by atoms with E-state index < -0.39 is 26.3 Å². The predicted octanol–water partition coefficient (Wildman–Crippen LogP) is 7.34. The van der Waals surface area contributed by atoms with Crippen LogP contribution in [0.5, 0.6) is 5.75 Å². The molecule has 2 aliphatic heterocycles. The van der Waals surface area contributed by atoms with Crippen molar-refractivity contribution in [3.05, 3.63) is 55.7 Å². The Morgan fingerprint density at radius 2 is 1.78 bits per heavy atom. The molecule has 1 fully saturated rings. The van der Waals surface area contributed by atoms with Crippen LogP contribution in [0.2, 0.25) is 0 Å². The van der Waals surface area contributed by atoms with Crippen LogP contribution >= 0.6 is 20.8 Å². The van der Waals surface area contributed by atoms with Crippen LogP contribution in [0.15, 0.2) is 17.1 Å². The van der Waals surface area contributed by atoms with Gasteiger partial charge in [-0.15, -0.1) is 0 Å². The van der Waals surface area contributed by atoms with Gasteiger partial charge < -0.3 is 9.26 Å². The zero-order valence-corrected chi connectivity index (χ0v) is 24.4. The van der Waals surface area contributed by atoms with Crippen molar-refractivity contribution in [3.63, 3.8) is 0 Å². The molecule has 2 aliphatic rings. The van der Waals surface area contributed by atoms with E-state index in [9.17, 15) is 9.18 Å². The fourth-order valence-electron chi connectivity index (χ4n) is 4.15. The summed E-state index contributed by atoms with van der Waals surface area (Å²) in [4.78, 5) is 14.4. The van der Waals surface area contributed by atoms with E-state index in [0.717, 1.165) is 16.3 Å². The number of hydrogen-bond donors (Lipinski definition) is 1. The van der Waals surface area contributed by atoms with Crippen molar-refractivity contribution in [1.82, 2.24) is 9.55 Å². The van der Waals surface area contributed by atoms with Crippen LogP contribution < -0.4 is 10.2 Å². The summed E-state index contributed by atoms with van der Waals surface area (Å²) < 4.78 is 53.7. The molecule has 1 aromatic heterocycles. The number of hydrogen-bond acceptors (Lipinski definition) is 6. The predicted molar refractivity (Wildman–Crippen MR) is 142 cm³/mol. The second-order valence-corrected chi connectivity index (χ2v) is 12.5. The third-order valence-electron chi connectivity index (χ3n) is 6.09. The normalized spacial score (nSPS) is 21.6. The number of aromatic nitrogens is 2. The average molecular weight is 559 g/mol. The van der Waals surface area contributed by atoms with Crippen LogP contribution in [0.4, 0.5) is 8.78 Å². The zero-order valence-electron chi connectivity index (χ0n) is 22.7. The van der Waals surface area contributed by atoms with Crippen LogP contribution in [-0.4, -0.2) is 22.3 Å². The molecule has 1 saturated heterocycles. The molecule has 2 aromatic rings. The van der Waals surface area contributed by atoms with Gasteiger partial charge in [0.05, 0.1) is 31.1 Å². The molecule has 4 rings (SSSR count). The van der Waals surface area contributed by atoms with Crippen molar-refractivity contribution in [3.8, 4) is 5.75 Å². The van der Waals surface area contributed by atoms with Gasteiger partial charge in [0.1, 0.15) is 22.4 Å². The number of halogens is 2. The summed E-state index contributed by atoms with van der Waals surface area (Å²) in [5.41, 5.74) is 0.747. The number of ether oxygens (including phenoxy) is 1. The Morgan fingerprint density at radius 1 is 1.14 bits per heavy atom. The Morgan fingerprint density at radius 3 is 2.41 bits per heavy atom. The van der Waals surface area contributed by atoms with E-state index in [4.69, 9.17) is 30.5 Å². The first-order chi connectivity index (χ1) is 17.3. The lowest BCUT2D eigenvalue weighted by Gasteiger charge is -2.33. The summed E-state index contributed by atoms with van der Waals surface area (Å²) in [7, 11) is -1.77. The van der Waals surface area contributed by atoms with E-state index in [1.165, 1.54) is 0 Å². The summed E-state index contributed by atoms with van der Waals surface area (Å²) in [5.74, 6) is -0.519. The molecule has 3 atom stereocenters. The number of benzene rings is 1. The summed E-state index contributed by atoms with van der Waals surface area (Å²) in [6.45, 7) is 16.3. The van der Waals surface area contributed by atoms with Crippen molar-refractivity contribution in [2.75, 3.05) is 6.61 Å². The molecule has 11 heteroatoms. The Balaban J connectivity index is 0.00000186. The first kappa shape index (κ1) is 29.8. The molecule has 1 N–H and O–H groups in total. The summed E-state index contributed by atoms with van der Waals surface area (Å²) >= 11 is 4.75. The molecule has 0 spiro atoms. The molecule has 1 aromatic carbocycles. The lowest BCUT2D eigenvalue weighted by molar-refractivity contribution is -0.0234. The van der Waals surface area contributed by atoms with Crippen LogP contribution in [0.25, 0.3) is 0 Å². The highest BCUT2D eigenvalue weighted by Crippen LogP contribution is 2.52. The largest absolute Gasteiger partial charge is 0.426 e. The van der Waals surface area contributed by atoms with Crippen LogP contribution in [0.1, 0.15) is 91.1 Å². The van der Waals surface area contributed by atoms with Gasteiger partial charge in [-0.25, -0.2) is 13.6 Å². The minimum Gasteiger partial charge on any atom is -0.426 e. The van der Waals surface area contributed by atoms with E-state index >= 15 is 4.39 Å². The first-order valence-electron chi connectivity index (χ1n) is 12.5. The van der Waals surface area contributed by atoms with Crippen molar-refractivity contribution in [2.24, 2.45) is 0 Å². The van der Waals surface area contributed by atoms with E-state index in [2.05, 4.69) is 25.8 Å². The van der Waals surface area contributed by atoms with Gasteiger partial charge in [-0.2, -0.15) is 0 Å². The molecule has 37 heavy (non-hydrogen) atoms. The zero-order chi connectivity index (χ0) is 27.7. The van der Waals surface area contributed by atoms with Gasteiger partial charge in [0.25, 0.3) is 0 Å². The highest BCUT2D eigenvalue weighted by Gasteiger charge is 2.36. The molecule has 0 aliphatic carbocycles. The number of aromatic amines is 1. The van der Waals surface area contributed by atoms with E-state index in [1.807, 2.05) is 40.7 Å². The molecule has 3 heterocycles. The molecule has 3 unspecified atom stereocenters. The molecular formula is C26H37F2N2O5PS. The van der Waals surface area contributed by atoms with Crippen molar-refractivity contribution < 1.29 is 27.1 Å². The number of rotatable bonds is 4. The maximum Gasteiger partial charge on any atom is 0.397 e. The van der Waals surface area contributed by atoms with Gasteiger partial charge in [-0.1, -0.05) is 67.6 Å². The fraction of sp³-hybridized carbons (Fsp3) is 0.615. The van der Waals surface area contributed by atoms with E-state index in [0.29, 0.717) is 29.7 Å². The highest BCUT2D eigenvalue weighted by molar-refractivity contribution is 7.71. The molecule has 7 nitrogen and oxygen atoms in total. The monoisotopic (exact) mass is 558 g/mol. The molecule has 0 bridgehead atoms. The second kappa shape index (κ2) is 11.6. The van der Waals surface area contributed by atoms with Gasteiger partial charge in [0.15, 0.2) is 5.82 Å². The van der Waals surface area contributed by atoms with Crippen LogP contribution in [0.3, 0.4) is 0 Å². The Hall–Kier alpha value is -1.71. The van der Waals surface area contributed by atoms with Gasteiger partial charge in [-0.3, -0.25) is 18.6 Å². The molecule has 0 amide bonds. The molecule has 0 saturated carbocycles. The number of H-pyrrole nitrogens is 1. The third-order valence-corrected chi connectivity index (χ3v) is 7.42. The van der Waals surface area contributed by atoms with Crippen LogP contribution in [0, 0.1) is 16.3 Å². The molecule has 0 radical (unpaired) electrons. The summed E-state index contributed by atoms with van der Waals surface area (Å²) in [6, 6.07) is 1.89. The standard InChI is InChI=1S/C24H31F2N2O5PS.C2H6/c1-23(2,3)15-9-16(24(4,5)6)20-14(19(15)26)12-31-34(33-20)30-11-13-7-8-18(32-13)28-10-17(25)21(35)27-22(28)29;1-2/h9-10,13,18H,7-8,11-12H2,1-6H3,(H,27,29,35);1-2H3. The van der Waals surface area contributed by atoms with Crippen molar-refractivity contribution in [1.29, 1.82) is 0 Å². The van der Waals surface area contributed by atoms with Gasteiger partial charge in [0.2, 0.25) is 0 Å². The smallest absolute Gasteiger partial charge is 0.397 e. The van der Waals surface area contributed by atoms with Crippen molar-refractivity contribution in [2.45, 2.75) is 98.0 Å². The number of nitrogens with zero attached hydrogens (tertiary/aromatic N) is 1. The Kier molecular flexibility index (Phi) is 9.34. The second-order valence-electron chi connectivity index (χ2n) is 10.9. The quantitative estimate of drug-likeness (QED) is 0.313. The topological polar surface area (TPSA) is 74.7 Å². The fourth-order valence-corrected chi connectivity index (χ4v) is 5.35. The minimum atomic E-state index is -1.77. The summed E-state index contributed by atoms with van der Waals surface area (Å²) in [6.07, 6.45) is 1.20. The van der Waals surface area contributed by atoms with Crippen molar-refractivity contribution >= 4 is 20.8 Å². The first-order valence-corrected chi connectivity index (χ1v) is 14.0. The maximum absolute atomic E-state index is 15.4. The van der Waals surface area contributed by atoms with E-state index in [1.54, 1.807) is 0 Å². The SMILES string of the molecule is CC.CC(C)(C)c1cc(C(C)(C)C)c2c(c1F)COP(OCC1CCC(n3cc(F)c(=S)[nH]c3=O)O1)O2. The Bertz CT molecular complexity index is 1240. The van der Waals surface area contributed by atoms with Gasteiger partial charge >= 0.3 is 14.3 Å². The minimum absolute atomic E-state index is 0.0476. The van der Waals surface area contributed by atoms with Gasteiger partial charge in [0, 0.05) is 5.56 Å². The maximum atomic E-state index is 15.4. The summed E-state index contributed by atoms with van der Waals surface area (Å²) in [5, 5.41) is 0. The molecule has 206 valence electrons. The number of nitrogens with one attached hydrogen (secondary N) is 1. The average Bonchev–Trinajstić information content (AvgIpc) is 3.28. The highest BCUT2D eigenvalue weighted by atomic mass is 32.1. The van der Waals surface area contributed by atoms with Gasteiger partial charge in [-0.05, 0) is 35.3 Å². The van der Waals surface area contributed by atoms with E-state index in [-0.39, 0.29) is 40.6 Å². The van der Waals surface area contributed by atoms with Crippen LogP contribution in [-0.2, 0) is 31.2 Å². The number of fused-ring (bicyclic) bond motifs is 1. The lowest BCUT2D eigenvalue weighted by Crippen LogP contribution is -2.28.